The maximum absolute atomic E-state index is 10.1. The molecule has 1 aliphatic rings. The summed E-state index contributed by atoms with van der Waals surface area (Å²) in [5, 5.41) is 10.1. The molecule has 0 spiro atoms. The lowest BCUT2D eigenvalue weighted by molar-refractivity contribution is -0.281. The van der Waals surface area contributed by atoms with Crippen molar-refractivity contribution in [2.75, 3.05) is 14.2 Å². The highest BCUT2D eigenvalue weighted by atomic mass is 16.7. The summed E-state index contributed by atoms with van der Waals surface area (Å²) in [6.45, 7) is 4.07. The molecule has 122 valence electrons. The quantitative estimate of drug-likeness (QED) is 0.780. The van der Waals surface area contributed by atoms with Crippen molar-refractivity contribution >= 4 is 0 Å². The van der Waals surface area contributed by atoms with Crippen LogP contribution in [0.4, 0.5) is 0 Å². The van der Waals surface area contributed by atoms with E-state index in [2.05, 4.69) is 6.58 Å². The van der Waals surface area contributed by atoms with Crippen molar-refractivity contribution in [3.63, 3.8) is 0 Å². The molecule has 1 fully saturated rings. The number of methoxy groups -OCH3 is 2. The molecule has 0 aromatic heterocycles. The van der Waals surface area contributed by atoms with Gasteiger partial charge in [-0.25, -0.2) is 0 Å². The van der Waals surface area contributed by atoms with Crippen LogP contribution in [0.25, 0.3) is 0 Å². The predicted molar refractivity (Wildman–Crippen MR) is 82.3 cm³/mol. The van der Waals surface area contributed by atoms with E-state index in [0.717, 1.165) is 5.56 Å². The maximum Gasteiger partial charge on any atom is 0.184 e. The standard InChI is InChI=1S/C17H24O5/c1-4-13(18)16-14(10-15(19-2)17(20-3)22-16)21-11-12-8-6-5-7-9-12/h4-9,13-18H,1,10-11H2,2-3H3/t13-,14-,15+,16+,17-/m0/s1. The van der Waals surface area contributed by atoms with Crippen LogP contribution in [-0.4, -0.2) is 50.0 Å². The topological polar surface area (TPSA) is 57.2 Å². The lowest BCUT2D eigenvalue weighted by Crippen LogP contribution is -2.53. The van der Waals surface area contributed by atoms with Crippen LogP contribution < -0.4 is 0 Å². The molecular weight excluding hydrogens is 284 g/mol. The van der Waals surface area contributed by atoms with E-state index < -0.39 is 18.5 Å². The van der Waals surface area contributed by atoms with E-state index in [9.17, 15) is 5.11 Å². The van der Waals surface area contributed by atoms with Gasteiger partial charge in [-0.15, -0.1) is 6.58 Å². The van der Waals surface area contributed by atoms with Gasteiger partial charge < -0.3 is 24.1 Å². The van der Waals surface area contributed by atoms with Gasteiger partial charge in [-0.3, -0.25) is 0 Å². The third-order valence-electron chi connectivity index (χ3n) is 3.85. The average Bonchev–Trinajstić information content (AvgIpc) is 2.59. The Bertz CT molecular complexity index is 450. The summed E-state index contributed by atoms with van der Waals surface area (Å²) in [6, 6.07) is 9.88. The van der Waals surface area contributed by atoms with Crippen molar-refractivity contribution in [2.45, 2.75) is 43.7 Å². The van der Waals surface area contributed by atoms with Crippen molar-refractivity contribution in [1.82, 2.24) is 0 Å². The molecule has 1 aromatic carbocycles. The van der Waals surface area contributed by atoms with Gasteiger partial charge in [0, 0.05) is 20.6 Å². The molecule has 0 bridgehead atoms. The third kappa shape index (κ3) is 4.15. The summed E-state index contributed by atoms with van der Waals surface area (Å²) < 4.78 is 22.4. The molecule has 0 aliphatic carbocycles. The zero-order chi connectivity index (χ0) is 15.9. The molecule has 1 N–H and O–H groups in total. The van der Waals surface area contributed by atoms with Crippen molar-refractivity contribution in [3.05, 3.63) is 48.6 Å². The van der Waals surface area contributed by atoms with E-state index in [4.69, 9.17) is 18.9 Å². The normalized spacial score (nSPS) is 30.0. The first-order valence-electron chi connectivity index (χ1n) is 7.36. The van der Waals surface area contributed by atoms with Crippen LogP contribution >= 0.6 is 0 Å². The minimum Gasteiger partial charge on any atom is -0.386 e. The first kappa shape index (κ1) is 17.1. The van der Waals surface area contributed by atoms with Crippen LogP contribution in [-0.2, 0) is 25.6 Å². The van der Waals surface area contributed by atoms with Gasteiger partial charge in [-0.1, -0.05) is 36.4 Å². The Labute approximate surface area is 131 Å². The molecule has 1 aliphatic heterocycles. The summed E-state index contributed by atoms with van der Waals surface area (Å²) >= 11 is 0. The lowest BCUT2D eigenvalue weighted by Gasteiger charge is -2.41. The molecule has 0 amide bonds. The monoisotopic (exact) mass is 308 g/mol. The third-order valence-corrected chi connectivity index (χ3v) is 3.85. The zero-order valence-corrected chi connectivity index (χ0v) is 13.1. The second kappa shape index (κ2) is 8.41. The summed E-state index contributed by atoms with van der Waals surface area (Å²) in [4.78, 5) is 0. The Balaban J connectivity index is 2.05. The SMILES string of the molecule is C=C[C@H](O)[C@H]1O[C@H](OC)[C@H](OC)C[C@@H]1OCc1ccccc1. The highest BCUT2D eigenvalue weighted by Crippen LogP contribution is 2.28. The minimum absolute atomic E-state index is 0.237. The number of benzene rings is 1. The van der Waals surface area contributed by atoms with E-state index in [1.165, 1.54) is 6.08 Å². The van der Waals surface area contributed by atoms with Crippen molar-refractivity contribution in [2.24, 2.45) is 0 Å². The van der Waals surface area contributed by atoms with Crippen LogP contribution in [0.1, 0.15) is 12.0 Å². The fourth-order valence-electron chi connectivity index (χ4n) is 2.59. The Kier molecular flexibility index (Phi) is 6.54. The van der Waals surface area contributed by atoms with E-state index in [1.807, 2.05) is 30.3 Å². The molecule has 1 saturated heterocycles. The van der Waals surface area contributed by atoms with Gasteiger partial charge in [0.05, 0.1) is 12.7 Å². The number of aliphatic hydroxyl groups excluding tert-OH is 1. The van der Waals surface area contributed by atoms with Crippen molar-refractivity contribution < 1.29 is 24.1 Å². The predicted octanol–water partition coefficient (Wildman–Crippen LogP) is 1.90. The Morgan fingerprint density at radius 2 is 2.00 bits per heavy atom. The van der Waals surface area contributed by atoms with Gasteiger partial charge >= 0.3 is 0 Å². The number of hydrogen-bond donors (Lipinski definition) is 1. The first-order valence-corrected chi connectivity index (χ1v) is 7.36. The van der Waals surface area contributed by atoms with E-state index >= 15 is 0 Å². The molecule has 0 radical (unpaired) electrons. The first-order chi connectivity index (χ1) is 10.7. The van der Waals surface area contributed by atoms with Gasteiger partial charge in [0.2, 0.25) is 0 Å². The summed E-state index contributed by atoms with van der Waals surface area (Å²) in [7, 11) is 3.16. The van der Waals surface area contributed by atoms with Crippen LogP contribution in [0.15, 0.2) is 43.0 Å². The Hall–Kier alpha value is -1.24. The molecule has 2 rings (SSSR count). The molecular formula is C17H24O5. The van der Waals surface area contributed by atoms with E-state index in [-0.39, 0.29) is 12.2 Å². The van der Waals surface area contributed by atoms with Gasteiger partial charge in [0.1, 0.15) is 18.3 Å². The minimum atomic E-state index is -0.823. The highest BCUT2D eigenvalue weighted by Gasteiger charge is 2.41. The fraction of sp³-hybridized carbons (Fsp3) is 0.529. The average molecular weight is 308 g/mol. The Morgan fingerprint density at radius 1 is 1.27 bits per heavy atom. The van der Waals surface area contributed by atoms with Gasteiger partial charge in [0.25, 0.3) is 0 Å². The van der Waals surface area contributed by atoms with Crippen LogP contribution in [0, 0.1) is 0 Å². The largest absolute Gasteiger partial charge is 0.386 e. The maximum atomic E-state index is 10.1. The van der Waals surface area contributed by atoms with Gasteiger partial charge in [-0.2, -0.15) is 0 Å². The number of aliphatic hydroxyl groups is 1. The summed E-state index contributed by atoms with van der Waals surface area (Å²) in [5.74, 6) is 0. The van der Waals surface area contributed by atoms with Crippen molar-refractivity contribution in [3.8, 4) is 0 Å². The molecule has 1 aromatic rings. The number of rotatable bonds is 7. The molecule has 1 heterocycles. The molecule has 22 heavy (non-hydrogen) atoms. The second-order valence-corrected chi connectivity index (χ2v) is 5.28. The van der Waals surface area contributed by atoms with Gasteiger partial charge in [0.15, 0.2) is 6.29 Å². The van der Waals surface area contributed by atoms with Crippen LogP contribution in [0.3, 0.4) is 0 Å². The molecule has 5 atom stereocenters. The van der Waals surface area contributed by atoms with E-state index in [1.54, 1.807) is 14.2 Å². The molecule has 0 saturated carbocycles. The number of ether oxygens (including phenoxy) is 4. The van der Waals surface area contributed by atoms with Gasteiger partial charge in [-0.05, 0) is 5.56 Å². The lowest BCUT2D eigenvalue weighted by atomic mass is 9.97. The van der Waals surface area contributed by atoms with Crippen LogP contribution in [0.2, 0.25) is 0 Å². The van der Waals surface area contributed by atoms with E-state index in [0.29, 0.717) is 13.0 Å². The smallest absolute Gasteiger partial charge is 0.184 e. The molecule has 5 heteroatoms. The second-order valence-electron chi connectivity index (χ2n) is 5.28. The molecule has 0 unspecified atom stereocenters. The summed E-state index contributed by atoms with van der Waals surface area (Å²) in [6.07, 6.45) is -0.389. The van der Waals surface area contributed by atoms with Crippen molar-refractivity contribution in [1.29, 1.82) is 0 Å². The Morgan fingerprint density at radius 3 is 2.59 bits per heavy atom. The zero-order valence-electron chi connectivity index (χ0n) is 13.1. The highest BCUT2D eigenvalue weighted by molar-refractivity contribution is 5.13. The number of hydrogen-bond acceptors (Lipinski definition) is 5. The molecule has 5 nitrogen and oxygen atoms in total. The van der Waals surface area contributed by atoms with Crippen LogP contribution in [0.5, 0.6) is 0 Å². The fourth-order valence-corrected chi connectivity index (χ4v) is 2.59. The summed E-state index contributed by atoms with van der Waals surface area (Å²) in [5.41, 5.74) is 1.07.